The fraction of sp³-hybridized carbons (Fsp3) is 0.200. The molecular formula is C5H7ClN2O. The van der Waals surface area contributed by atoms with E-state index in [4.69, 9.17) is 16.9 Å². The molecule has 0 aliphatic carbocycles. The predicted octanol–water partition coefficient (Wildman–Crippen LogP) is 0.350. The summed E-state index contributed by atoms with van der Waals surface area (Å²) >= 11 is 5.51. The number of hydrogen-bond donors (Lipinski definition) is 2. The molecule has 0 saturated heterocycles. The highest BCUT2D eigenvalue weighted by Crippen LogP contribution is 2.03. The summed E-state index contributed by atoms with van der Waals surface area (Å²) in [7, 11) is 0. The van der Waals surface area contributed by atoms with Crippen molar-refractivity contribution >= 4 is 11.8 Å². The average Bonchev–Trinajstić information content (AvgIpc) is 1.88. The summed E-state index contributed by atoms with van der Waals surface area (Å²) in [4.78, 5) is 0. The van der Waals surface area contributed by atoms with Gasteiger partial charge < -0.3 is 10.4 Å². The van der Waals surface area contributed by atoms with Gasteiger partial charge in [-0.1, -0.05) is 0 Å². The average molecular weight is 147 g/mol. The van der Waals surface area contributed by atoms with Crippen molar-refractivity contribution in [2.45, 2.75) is 0 Å². The molecule has 0 aromatic rings. The number of rotatable bonds is 1. The van der Waals surface area contributed by atoms with Crippen molar-refractivity contribution in [1.82, 2.24) is 9.74 Å². The molecular weight excluding hydrogens is 140 g/mol. The van der Waals surface area contributed by atoms with Gasteiger partial charge in [-0.25, -0.2) is 0 Å². The summed E-state index contributed by atoms with van der Waals surface area (Å²) < 4.78 is 1.35. The molecule has 0 aromatic carbocycles. The Morgan fingerprint density at radius 2 is 2.56 bits per heavy atom. The molecule has 9 heavy (non-hydrogen) atoms. The lowest BCUT2D eigenvalue weighted by Crippen LogP contribution is -2.16. The fourth-order valence-electron chi connectivity index (χ4n) is 0.531. The second-order valence-corrected chi connectivity index (χ2v) is 2.01. The summed E-state index contributed by atoms with van der Waals surface area (Å²) in [5.74, 6) is 0. The van der Waals surface area contributed by atoms with Crippen LogP contribution in [0.2, 0.25) is 0 Å². The normalized spacial score (nSPS) is 17.1. The van der Waals surface area contributed by atoms with Crippen LogP contribution in [0.1, 0.15) is 0 Å². The highest BCUT2D eigenvalue weighted by atomic mass is 35.5. The minimum atomic E-state index is -0.0203. The molecule has 0 spiro atoms. The smallest absolute Gasteiger partial charge is 0.0846 e. The maximum Gasteiger partial charge on any atom is 0.0846 e. The molecule has 0 unspecified atom stereocenters. The van der Waals surface area contributed by atoms with Gasteiger partial charge in [-0.2, -0.15) is 0 Å². The van der Waals surface area contributed by atoms with Gasteiger partial charge in [-0.15, -0.1) is 0 Å². The monoisotopic (exact) mass is 146 g/mol. The predicted molar refractivity (Wildman–Crippen MR) is 35.1 cm³/mol. The second-order valence-electron chi connectivity index (χ2n) is 1.62. The van der Waals surface area contributed by atoms with E-state index in [1.54, 1.807) is 18.6 Å². The van der Waals surface area contributed by atoms with Crippen LogP contribution in [0.3, 0.4) is 0 Å². The molecule has 0 atom stereocenters. The Hall–Kier alpha value is -0.670. The lowest BCUT2D eigenvalue weighted by Gasteiger charge is -2.13. The molecule has 1 rings (SSSR count). The van der Waals surface area contributed by atoms with Crippen LogP contribution in [0.25, 0.3) is 0 Å². The van der Waals surface area contributed by atoms with Crippen LogP contribution in [-0.4, -0.2) is 16.1 Å². The number of nitrogens with zero attached hydrogens (tertiary/aromatic N) is 1. The standard InChI is InChI=1S/C5H7ClN2O/c6-8-2-1-7-5(3-8)4-9/h1-3,7,9H,4H2. The molecule has 3 nitrogen and oxygen atoms in total. The zero-order chi connectivity index (χ0) is 6.69. The molecule has 0 amide bonds. The van der Waals surface area contributed by atoms with Crippen molar-refractivity contribution in [2.75, 3.05) is 6.61 Å². The molecule has 0 saturated carbocycles. The van der Waals surface area contributed by atoms with E-state index >= 15 is 0 Å². The Labute approximate surface area is 58.3 Å². The molecule has 0 bridgehead atoms. The van der Waals surface area contributed by atoms with E-state index in [0.717, 1.165) is 0 Å². The molecule has 2 N–H and O–H groups in total. The van der Waals surface area contributed by atoms with Gasteiger partial charge in [-0.3, -0.25) is 4.42 Å². The number of aliphatic hydroxyl groups is 1. The third kappa shape index (κ3) is 1.62. The van der Waals surface area contributed by atoms with Crippen molar-refractivity contribution in [3.8, 4) is 0 Å². The van der Waals surface area contributed by atoms with Gasteiger partial charge >= 0.3 is 0 Å². The van der Waals surface area contributed by atoms with Crippen LogP contribution in [0, 0.1) is 0 Å². The number of nitrogens with one attached hydrogen (secondary N) is 1. The van der Waals surface area contributed by atoms with E-state index in [1.165, 1.54) is 4.42 Å². The maximum absolute atomic E-state index is 8.56. The molecule has 50 valence electrons. The Morgan fingerprint density at radius 1 is 1.78 bits per heavy atom. The third-order valence-electron chi connectivity index (χ3n) is 0.935. The van der Waals surface area contributed by atoms with Gasteiger partial charge in [0.25, 0.3) is 0 Å². The summed E-state index contributed by atoms with van der Waals surface area (Å²) in [5, 5.41) is 11.4. The first-order valence-electron chi connectivity index (χ1n) is 2.52. The summed E-state index contributed by atoms with van der Waals surface area (Å²) in [6.07, 6.45) is 4.89. The Kier molecular flexibility index (Phi) is 1.97. The molecule has 1 aliphatic heterocycles. The molecule has 1 heterocycles. The molecule has 1 aliphatic rings. The zero-order valence-electron chi connectivity index (χ0n) is 4.71. The number of aliphatic hydroxyl groups excluding tert-OH is 1. The molecule has 0 radical (unpaired) electrons. The minimum absolute atomic E-state index is 0.0203. The maximum atomic E-state index is 8.56. The summed E-state index contributed by atoms with van der Waals surface area (Å²) in [6.45, 7) is -0.0203. The fourth-order valence-corrected chi connectivity index (χ4v) is 0.705. The van der Waals surface area contributed by atoms with Crippen LogP contribution >= 0.6 is 11.8 Å². The lowest BCUT2D eigenvalue weighted by molar-refractivity contribution is 0.322. The van der Waals surface area contributed by atoms with Gasteiger partial charge in [0.1, 0.15) is 0 Å². The first kappa shape index (κ1) is 6.45. The van der Waals surface area contributed by atoms with E-state index in [2.05, 4.69) is 5.32 Å². The van der Waals surface area contributed by atoms with E-state index < -0.39 is 0 Å². The largest absolute Gasteiger partial charge is 0.390 e. The van der Waals surface area contributed by atoms with E-state index in [-0.39, 0.29) is 6.61 Å². The van der Waals surface area contributed by atoms with Crippen molar-refractivity contribution in [1.29, 1.82) is 0 Å². The highest BCUT2D eigenvalue weighted by Gasteiger charge is 1.98. The lowest BCUT2D eigenvalue weighted by atomic mass is 10.4. The molecule has 4 heteroatoms. The van der Waals surface area contributed by atoms with Crippen LogP contribution in [0.5, 0.6) is 0 Å². The van der Waals surface area contributed by atoms with Crippen molar-refractivity contribution in [3.63, 3.8) is 0 Å². The SMILES string of the molecule is OCC1=CN(Cl)C=CN1. The topological polar surface area (TPSA) is 35.5 Å². The van der Waals surface area contributed by atoms with Crippen molar-refractivity contribution < 1.29 is 5.11 Å². The van der Waals surface area contributed by atoms with Crippen LogP contribution in [-0.2, 0) is 0 Å². The van der Waals surface area contributed by atoms with Gasteiger partial charge in [0, 0.05) is 30.4 Å². The number of halogens is 1. The summed E-state index contributed by atoms with van der Waals surface area (Å²) in [6, 6.07) is 0. The first-order chi connectivity index (χ1) is 4.33. The highest BCUT2D eigenvalue weighted by molar-refractivity contribution is 6.14. The third-order valence-corrected chi connectivity index (χ3v) is 1.15. The van der Waals surface area contributed by atoms with E-state index in [0.29, 0.717) is 5.70 Å². The van der Waals surface area contributed by atoms with Crippen molar-refractivity contribution in [2.24, 2.45) is 0 Å². The molecule has 0 fully saturated rings. The van der Waals surface area contributed by atoms with Crippen molar-refractivity contribution in [3.05, 3.63) is 24.3 Å². The van der Waals surface area contributed by atoms with Gasteiger partial charge in [0.05, 0.1) is 12.3 Å². The molecule has 0 aromatic heterocycles. The van der Waals surface area contributed by atoms with Gasteiger partial charge in [-0.05, 0) is 0 Å². The quantitative estimate of drug-likeness (QED) is 0.524. The number of hydrogen-bond acceptors (Lipinski definition) is 3. The van der Waals surface area contributed by atoms with Crippen LogP contribution in [0.15, 0.2) is 24.3 Å². The summed E-state index contributed by atoms with van der Waals surface area (Å²) in [5.41, 5.74) is 0.688. The Balaban J connectivity index is 2.55. The second kappa shape index (κ2) is 2.75. The van der Waals surface area contributed by atoms with Crippen LogP contribution < -0.4 is 5.32 Å². The zero-order valence-corrected chi connectivity index (χ0v) is 5.47. The van der Waals surface area contributed by atoms with Gasteiger partial charge in [0.2, 0.25) is 0 Å². The Bertz CT molecular complexity index is 155. The Morgan fingerprint density at radius 3 is 3.00 bits per heavy atom. The van der Waals surface area contributed by atoms with Gasteiger partial charge in [0.15, 0.2) is 0 Å². The van der Waals surface area contributed by atoms with E-state index in [9.17, 15) is 0 Å². The first-order valence-corrected chi connectivity index (χ1v) is 2.85. The van der Waals surface area contributed by atoms with E-state index in [1.807, 2.05) is 0 Å². The van der Waals surface area contributed by atoms with Crippen LogP contribution in [0.4, 0.5) is 0 Å². The minimum Gasteiger partial charge on any atom is -0.390 e.